The summed E-state index contributed by atoms with van der Waals surface area (Å²) in [6.07, 6.45) is 8.39. The van der Waals surface area contributed by atoms with Gasteiger partial charge in [0.15, 0.2) is 0 Å². The van der Waals surface area contributed by atoms with Gasteiger partial charge in [0.1, 0.15) is 0 Å². The van der Waals surface area contributed by atoms with E-state index in [1.807, 2.05) is 89.8 Å². The predicted molar refractivity (Wildman–Crippen MR) is 107 cm³/mol. The first-order chi connectivity index (χ1) is 13.3. The molecule has 0 saturated heterocycles. The highest BCUT2D eigenvalue weighted by molar-refractivity contribution is 6.04. The Bertz CT molecular complexity index is 1010. The SMILES string of the molecule is O=C(Nc1ccc(Cc2ccncc2)cc1)c1ccc(-n2cccc2)cc1. The molecule has 0 saturated carbocycles. The van der Waals surface area contributed by atoms with Gasteiger partial charge < -0.3 is 9.88 Å². The van der Waals surface area contributed by atoms with E-state index >= 15 is 0 Å². The minimum absolute atomic E-state index is 0.115. The summed E-state index contributed by atoms with van der Waals surface area (Å²) >= 11 is 0. The van der Waals surface area contributed by atoms with E-state index in [1.54, 1.807) is 12.4 Å². The summed E-state index contributed by atoms with van der Waals surface area (Å²) in [7, 11) is 0. The molecule has 4 aromatic rings. The van der Waals surface area contributed by atoms with Gasteiger partial charge in [-0.1, -0.05) is 12.1 Å². The average molecular weight is 353 g/mol. The molecule has 0 fully saturated rings. The molecule has 0 aliphatic carbocycles. The Labute approximate surface area is 158 Å². The van der Waals surface area contributed by atoms with Crippen LogP contribution in [0.15, 0.2) is 97.6 Å². The second-order valence-corrected chi connectivity index (χ2v) is 6.32. The summed E-state index contributed by atoms with van der Waals surface area (Å²) in [5.41, 5.74) is 4.84. The van der Waals surface area contributed by atoms with Crippen LogP contribution in [0.1, 0.15) is 21.5 Å². The van der Waals surface area contributed by atoms with Crippen LogP contribution in [0.25, 0.3) is 5.69 Å². The Morgan fingerprint density at radius 3 is 2.11 bits per heavy atom. The molecule has 0 spiro atoms. The second kappa shape index (κ2) is 7.70. The van der Waals surface area contributed by atoms with E-state index in [0.717, 1.165) is 17.8 Å². The van der Waals surface area contributed by atoms with Crippen LogP contribution in [-0.2, 0) is 6.42 Å². The molecule has 0 aliphatic rings. The molecule has 27 heavy (non-hydrogen) atoms. The van der Waals surface area contributed by atoms with Crippen LogP contribution < -0.4 is 5.32 Å². The van der Waals surface area contributed by atoms with E-state index in [-0.39, 0.29) is 5.91 Å². The summed E-state index contributed by atoms with van der Waals surface area (Å²) in [6.45, 7) is 0. The zero-order valence-electron chi connectivity index (χ0n) is 14.7. The van der Waals surface area contributed by atoms with Crippen molar-refractivity contribution in [2.45, 2.75) is 6.42 Å². The number of benzene rings is 2. The molecule has 0 radical (unpaired) electrons. The maximum atomic E-state index is 12.5. The highest BCUT2D eigenvalue weighted by atomic mass is 16.1. The number of hydrogen-bond acceptors (Lipinski definition) is 2. The smallest absolute Gasteiger partial charge is 0.255 e. The molecular formula is C23H19N3O. The van der Waals surface area contributed by atoms with Crippen LogP contribution in [0.3, 0.4) is 0 Å². The molecule has 4 heteroatoms. The van der Waals surface area contributed by atoms with Crippen molar-refractivity contribution in [2.75, 3.05) is 5.32 Å². The zero-order valence-corrected chi connectivity index (χ0v) is 14.7. The summed E-state index contributed by atoms with van der Waals surface area (Å²) < 4.78 is 2.00. The summed E-state index contributed by atoms with van der Waals surface area (Å²) in [6, 6.07) is 23.4. The average Bonchev–Trinajstić information content (AvgIpc) is 3.25. The number of nitrogens with one attached hydrogen (secondary N) is 1. The molecule has 132 valence electrons. The third-order valence-electron chi connectivity index (χ3n) is 4.40. The van der Waals surface area contributed by atoms with Gasteiger partial charge in [-0.05, 0) is 78.2 Å². The fourth-order valence-electron chi connectivity index (χ4n) is 2.94. The lowest BCUT2D eigenvalue weighted by atomic mass is 10.1. The van der Waals surface area contributed by atoms with Crippen molar-refractivity contribution >= 4 is 11.6 Å². The standard InChI is InChI=1S/C23H19N3O/c27-23(20-5-9-22(10-6-20)26-15-1-2-16-26)25-21-7-3-18(4-8-21)17-19-11-13-24-14-12-19/h1-16H,17H2,(H,25,27). The maximum Gasteiger partial charge on any atom is 0.255 e. The first kappa shape index (κ1) is 16.8. The number of anilines is 1. The molecule has 4 rings (SSSR count). The predicted octanol–water partition coefficient (Wildman–Crippen LogP) is 4.72. The van der Waals surface area contributed by atoms with Crippen LogP contribution in [0.4, 0.5) is 5.69 Å². The molecule has 0 bridgehead atoms. The zero-order chi connectivity index (χ0) is 18.5. The monoisotopic (exact) mass is 353 g/mol. The number of rotatable bonds is 5. The van der Waals surface area contributed by atoms with Gasteiger partial charge in [-0.25, -0.2) is 0 Å². The van der Waals surface area contributed by atoms with Crippen LogP contribution in [-0.4, -0.2) is 15.5 Å². The highest BCUT2D eigenvalue weighted by Crippen LogP contribution is 2.15. The Kier molecular flexibility index (Phi) is 4.79. The molecule has 4 nitrogen and oxygen atoms in total. The fourth-order valence-corrected chi connectivity index (χ4v) is 2.94. The van der Waals surface area contributed by atoms with Gasteiger partial charge in [-0.3, -0.25) is 9.78 Å². The summed E-state index contributed by atoms with van der Waals surface area (Å²) in [4.78, 5) is 16.5. The van der Waals surface area contributed by atoms with E-state index in [1.165, 1.54) is 11.1 Å². The van der Waals surface area contributed by atoms with Crippen LogP contribution in [0.5, 0.6) is 0 Å². The summed E-state index contributed by atoms with van der Waals surface area (Å²) in [5.74, 6) is -0.115. The molecule has 0 aliphatic heterocycles. The third kappa shape index (κ3) is 4.12. The summed E-state index contributed by atoms with van der Waals surface area (Å²) in [5, 5.41) is 2.95. The lowest BCUT2D eigenvalue weighted by molar-refractivity contribution is 0.102. The number of carbonyl (C=O) groups excluding carboxylic acids is 1. The first-order valence-electron chi connectivity index (χ1n) is 8.80. The molecule has 0 atom stereocenters. The van der Waals surface area contributed by atoms with E-state index in [2.05, 4.69) is 10.3 Å². The van der Waals surface area contributed by atoms with Crippen molar-refractivity contribution in [1.29, 1.82) is 0 Å². The van der Waals surface area contributed by atoms with Gasteiger partial charge in [0.2, 0.25) is 0 Å². The van der Waals surface area contributed by atoms with E-state index < -0.39 is 0 Å². The quantitative estimate of drug-likeness (QED) is 0.564. The van der Waals surface area contributed by atoms with Crippen molar-refractivity contribution in [3.8, 4) is 5.69 Å². The Morgan fingerprint density at radius 2 is 1.44 bits per heavy atom. The minimum Gasteiger partial charge on any atom is -0.324 e. The van der Waals surface area contributed by atoms with Crippen LogP contribution in [0, 0.1) is 0 Å². The van der Waals surface area contributed by atoms with Gasteiger partial charge in [0.05, 0.1) is 0 Å². The van der Waals surface area contributed by atoms with Gasteiger partial charge in [0, 0.05) is 41.7 Å². The van der Waals surface area contributed by atoms with Gasteiger partial charge in [-0.2, -0.15) is 0 Å². The number of aromatic nitrogens is 2. The van der Waals surface area contributed by atoms with Crippen LogP contribution in [0.2, 0.25) is 0 Å². The van der Waals surface area contributed by atoms with Crippen LogP contribution >= 0.6 is 0 Å². The van der Waals surface area contributed by atoms with E-state index in [0.29, 0.717) is 5.56 Å². The first-order valence-corrected chi connectivity index (χ1v) is 8.80. The fraction of sp³-hybridized carbons (Fsp3) is 0.0435. The van der Waals surface area contributed by atoms with Gasteiger partial charge in [-0.15, -0.1) is 0 Å². The highest BCUT2D eigenvalue weighted by Gasteiger charge is 2.07. The molecule has 2 aromatic carbocycles. The largest absolute Gasteiger partial charge is 0.324 e. The Hall–Kier alpha value is -3.66. The number of carbonyl (C=O) groups is 1. The van der Waals surface area contributed by atoms with E-state index in [4.69, 9.17) is 0 Å². The third-order valence-corrected chi connectivity index (χ3v) is 4.40. The molecule has 1 N–H and O–H groups in total. The number of hydrogen-bond donors (Lipinski definition) is 1. The van der Waals surface area contributed by atoms with Crippen molar-refractivity contribution in [1.82, 2.24) is 9.55 Å². The molecular weight excluding hydrogens is 334 g/mol. The van der Waals surface area contributed by atoms with Crippen molar-refractivity contribution in [3.63, 3.8) is 0 Å². The molecule has 2 heterocycles. The van der Waals surface area contributed by atoms with Gasteiger partial charge in [0.25, 0.3) is 5.91 Å². The van der Waals surface area contributed by atoms with E-state index in [9.17, 15) is 4.79 Å². The van der Waals surface area contributed by atoms with Crippen molar-refractivity contribution in [2.24, 2.45) is 0 Å². The Morgan fingerprint density at radius 1 is 0.815 bits per heavy atom. The number of nitrogens with zero attached hydrogens (tertiary/aromatic N) is 2. The Balaban J connectivity index is 1.40. The molecule has 2 aromatic heterocycles. The lowest BCUT2D eigenvalue weighted by Crippen LogP contribution is -2.11. The van der Waals surface area contributed by atoms with Crippen molar-refractivity contribution < 1.29 is 4.79 Å². The molecule has 1 amide bonds. The normalized spacial score (nSPS) is 10.5. The number of pyridine rings is 1. The second-order valence-electron chi connectivity index (χ2n) is 6.32. The number of amides is 1. The van der Waals surface area contributed by atoms with Gasteiger partial charge >= 0.3 is 0 Å². The van der Waals surface area contributed by atoms with Crippen molar-refractivity contribution in [3.05, 3.63) is 114 Å². The lowest BCUT2D eigenvalue weighted by Gasteiger charge is -2.08. The minimum atomic E-state index is -0.115. The molecule has 0 unspecified atom stereocenters. The maximum absolute atomic E-state index is 12.5. The topological polar surface area (TPSA) is 46.9 Å².